The van der Waals surface area contributed by atoms with Crippen LogP contribution < -0.4 is 4.90 Å². The molecule has 31 heavy (non-hydrogen) atoms. The first-order chi connectivity index (χ1) is 14.9. The van der Waals surface area contributed by atoms with E-state index in [9.17, 15) is 18.0 Å². The van der Waals surface area contributed by atoms with Crippen LogP contribution in [0.5, 0.6) is 0 Å². The van der Waals surface area contributed by atoms with E-state index >= 15 is 0 Å². The van der Waals surface area contributed by atoms with Crippen molar-refractivity contribution < 1.29 is 18.0 Å². The van der Waals surface area contributed by atoms with Gasteiger partial charge in [-0.05, 0) is 60.8 Å². The molecule has 0 unspecified atom stereocenters. The van der Waals surface area contributed by atoms with Crippen molar-refractivity contribution in [2.45, 2.75) is 13.1 Å². The van der Waals surface area contributed by atoms with E-state index < -0.39 is 11.9 Å². The number of hydrogen-bond acceptors (Lipinski definition) is 3. The van der Waals surface area contributed by atoms with Gasteiger partial charge in [-0.3, -0.25) is 4.79 Å². The fraction of sp³-hybridized carbons (Fsp3) is 0.130. The molecule has 4 rings (SSSR count). The Bertz CT molecular complexity index is 1170. The summed E-state index contributed by atoms with van der Waals surface area (Å²) in [7, 11) is 0. The number of anilines is 1. The number of para-hydroxylation sites is 1. The summed E-state index contributed by atoms with van der Waals surface area (Å²) in [6, 6.07) is 20.3. The lowest BCUT2D eigenvalue weighted by Gasteiger charge is -2.21. The van der Waals surface area contributed by atoms with Crippen molar-refractivity contribution >= 4 is 22.9 Å². The molecule has 0 aliphatic rings. The van der Waals surface area contributed by atoms with Gasteiger partial charge in [-0.15, -0.1) is 11.3 Å². The average molecular weight is 441 g/mol. The SMILES string of the molecule is CCN(C(=O)c1ccc(-n2nc(C(F)(F)F)cc2-c2cccs2)cc1)c1ccccc1. The summed E-state index contributed by atoms with van der Waals surface area (Å²) in [4.78, 5) is 15.3. The average Bonchev–Trinajstić information content (AvgIpc) is 3.45. The van der Waals surface area contributed by atoms with Crippen LogP contribution in [0.3, 0.4) is 0 Å². The maximum Gasteiger partial charge on any atom is 0.435 e. The molecule has 158 valence electrons. The molecule has 0 N–H and O–H groups in total. The number of carbonyl (C=O) groups excluding carboxylic acids is 1. The molecule has 4 nitrogen and oxygen atoms in total. The Hall–Kier alpha value is -3.39. The van der Waals surface area contributed by atoms with Crippen molar-refractivity contribution in [2.24, 2.45) is 0 Å². The van der Waals surface area contributed by atoms with E-state index in [2.05, 4.69) is 5.10 Å². The first-order valence-corrected chi connectivity index (χ1v) is 10.4. The lowest BCUT2D eigenvalue weighted by Crippen LogP contribution is -2.30. The summed E-state index contributed by atoms with van der Waals surface area (Å²) < 4.78 is 41.1. The van der Waals surface area contributed by atoms with E-state index in [-0.39, 0.29) is 5.91 Å². The number of thiophene rings is 1. The van der Waals surface area contributed by atoms with Gasteiger partial charge < -0.3 is 4.90 Å². The standard InChI is InChI=1S/C23H18F3N3OS/c1-2-28(17-7-4-3-5-8-17)22(30)16-10-12-18(13-11-16)29-19(20-9-6-14-31-20)15-21(27-29)23(24,25)26/h3-15H,2H2,1H3. The van der Waals surface area contributed by atoms with Crippen LogP contribution in [0.25, 0.3) is 16.3 Å². The number of aromatic nitrogens is 2. The third-order valence-electron chi connectivity index (χ3n) is 4.76. The molecule has 8 heteroatoms. The zero-order chi connectivity index (χ0) is 22.0. The molecule has 1 amide bonds. The minimum absolute atomic E-state index is 0.185. The van der Waals surface area contributed by atoms with E-state index in [1.54, 1.807) is 46.7 Å². The van der Waals surface area contributed by atoms with E-state index in [4.69, 9.17) is 0 Å². The van der Waals surface area contributed by atoms with Crippen LogP contribution in [0, 0.1) is 0 Å². The quantitative estimate of drug-likeness (QED) is 0.365. The van der Waals surface area contributed by atoms with Crippen molar-refractivity contribution in [3.05, 3.63) is 89.4 Å². The Morgan fingerprint density at radius 1 is 1.03 bits per heavy atom. The summed E-state index contributed by atoms with van der Waals surface area (Å²) in [6.07, 6.45) is -4.55. The minimum Gasteiger partial charge on any atom is -0.309 e. The molecule has 0 saturated heterocycles. The molecule has 0 aliphatic carbocycles. The number of alkyl halides is 3. The molecule has 0 radical (unpaired) electrons. The van der Waals surface area contributed by atoms with Gasteiger partial charge in [-0.1, -0.05) is 24.3 Å². The predicted molar refractivity (Wildman–Crippen MR) is 116 cm³/mol. The highest BCUT2D eigenvalue weighted by molar-refractivity contribution is 7.13. The zero-order valence-electron chi connectivity index (χ0n) is 16.5. The zero-order valence-corrected chi connectivity index (χ0v) is 17.3. The first-order valence-electron chi connectivity index (χ1n) is 9.57. The van der Waals surface area contributed by atoms with Gasteiger partial charge in [-0.25, -0.2) is 4.68 Å². The van der Waals surface area contributed by atoms with Gasteiger partial charge in [-0.2, -0.15) is 18.3 Å². The first kappa shape index (κ1) is 20.9. The minimum atomic E-state index is -4.55. The van der Waals surface area contributed by atoms with Crippen LogP contribution in [0.2, 0.25) is 0 Å². The Labute approximate surface area is 181 Å². The topological polar surface area (TPSA) is 38.1 Å². The van der Waals surface area contributed by atoms with Crippen molar-refractivity contribution in [2.75, 3.05) is 11.4 Å². The lowest BCUT2D eigenvalue weighted by atomic mass is 10.1. The molecule has 0 spiro atoms. The lowest BCUT2D eigenvalue weighted by molar-refractivity contribution is -0.141. The van der Waals surface area contributed by atoms with Crippen LogP contribution in [-0.2, 0) is 6.18 Å². The Kier molecular flexibility index (Phi) is 5.65. The second-order valence-corrected chi connectivity index (χ2v) is 7.68. The number of hydrogen-bond donors (Lipinski definition) is 0. The summed E-state index contributed by atoms with van der Waals surface area (Å²) in [6.45, 7) is 2.37. The smallest absolute Gasteiger partial charge is 0.309 e. The van der Waals surface area contributed by atoms with Gasteiger partial charge in [0.1, 0.15) is 0 Å². The molecular formula is C23H18F3N3OS. The number of benzene rings is 2. The highest BCUT2D eigenvalue weighted by atomic mass is 32.1. The van der Waals surface area contributed by atoms with E-state index in [0.717, 1.165) is 11.8 Å². The third kappa shape index (κ3) is 4.25. The fourth-order valence-electron chi connectivity index (χ4n) is 3.27. The maximum absolute atomic E-state index is 13.3. The largest absolute Gasteiger partial charge is 0.435 e. The summed E-state index contributed by atoms with van der Waals surface area (Å²) in [5, 5.41) is 5.58. The van der Waals surface area contributed by atoms with Gasteiger partial charge in [0.15, 0.2) is 5.69 Å². The summed E-state index contributed by atoms with van der Waals surface area (Å²) >= 11 is 1.33. The Morgan fingerprint density at radius 3 is 2.32 bits per heavy atom. The van der Waals surface area contributed by atoms with Gasteiger partial charge in [0.25, 0.3) is 5.91 Å². The van der Waals surface area contributed by atoms with E-state index in [1.807, 2.05) is 37.3 Å². The van der Waals surface area contributed by atoms with Crippen molar-refractivity contribution in [3.63, 3.8) is 0 Å². The molecule has 0 saturated carbocycles. The van der Waals surface area contributed by atoms with E-state index in [1.165, 1.54) is 16.0 Å². The molecule has 0 fully saturated rings. The van der Waals surface area contributed by atoms with Gasteiger partial charge >= 0.3 is 6.18 Å². The normalized spacial score (nSPS) is 11.5. The Morgan fingerprint density at radius 2 is 1.74 bits per heavy atom. The number of halogens is 3. The molecular weight excluding hydrogens is 423 g/mol. The molecule has 0 aliphatic heterocycles. The van der Waals surface area contributed by atoms with Crippen molar-refractivity contribution in [1.29, 1.82) is 0 Å². The van der Waals surface area contributed by atoms with Crippen LogP contribution >= 0.6 is 11.3 Å². The van der Waals surface area contributed by atoms with Gasteiger partial charge in [0.05, 0.1) is 16.3 Å². The molecule has 2 aromatic carbocycles. The number of nitrogens with zero attached hydrogens (tertiary/aromatic N) is 3. The molecule has 0 atom stereocenters. The predicted octanol–water partition coefficient (Wildman–Crippen LogP) is 6.29. The monoisotopic (exact) mass is 441 g/mol. The molecule has 0 bridgehead atoms. The Balaban J connectivity index is 1.69. The molecule has 4 aromatic rings. The summed E-state index contributed by atoms with van der Waals surface area (Å²) in [5.41, 5.74) is 1.05. The van der Waals surface area contributed by atoms with Crippen molar-refractivity contribution in [1.82, 2.24) is 9.78 Å². The van der Waals surface area contributed by atoms with Crippen LogP contribution in [0.1, 0.15) is 23.0 Å². The van der Waals surface area contributed by atoms with Crippen LogP contribution in [0.4, 0.5) is 18.9 Å². The number of rotatable bonds is 5. The number of amides is 1. The highest BCUT2D eigenvalue weighted by Gasteiger charge is 2.35. The molecule has 2 aromatic heterocycles. The second-order valence-electron chi connectivity index (χ2n) is 6.73. The van der Waals surface area contributed by atoms with Gasteiger partial charge in [0, 0.05) is 17.8 Å². The third-order valence-corrected chi connectivity index (χ3v) is 5.65. The van der Waals surface area contributed by atoms with Crippen molar-refractivity contribution in [3.8, 4) is 16.3 Å². The second kappa shape index (κ2) is 8.39. The highest BCUT2D eigenvalue weighted by Crippen LogP contribution is 2.34. The van der Waals surface area contributed by atoms with Gasteiger partial charge in [0.2, 0.25) is 0 Å². The summed E-state index contributed by atoms with van der Waals surface area (Å²) in [5.74, 6) is -0.185. The van der Waals surface area contributed by atoms with Crippen LogP contribution in [-0.4, -0.2) is 22.2 Å². The number of carbonyl (C=O) groups is 1. The van der Waals surface area contributed by atoms with E-state index in [0.29, 0.717) is 28.4 Å². The maximum atomic E-state index is 13.3. The fourth-order valence-corrected chi connectivity index (χ4v) is 4.00. The van der Waals surface area contributed by atoms with Crippen LogP contribution in [0.15, 0.2) is 78.2 Å². The molecule has 2 heterocycles.